The molecule has 246 valence electrons. The van der Waals surface area contributed by atoms with Crippen LogP contribution in [-0.2, 0) is 32.1 Å². The van der Waals surface area contributed by atoms with Crippen LogP contribution in [0.15, 0.2) is 83.4 Å². The Hall–Kier alpha value is -5.09. The highest BCUT2D eigenvalue weighted by atomic mass is 16.6. The third-order valence-electron chi connectivity index (χ3n) is 8.05. The van der Waals surface area contributed by atoms with E-state index in [4.69, 9.17) is 19.6 Å². The molecular weight excluding hydrogens is 596 g/mol. The van der Waals surface area contributed by atoms with Crippen LogP contribution in [0.5, 0.6) is 0 Å². The fraction of sp³-hybridized carbons (Fsp3) is 0.324. The third-order valence-corrected chi connectivity index (χ3v) is 8.05. The highest BCUT2D eigenvalue weighted by Gasteiger charge is 2.38. The number of hydrogen-bond acceptors (Lipinski definition) is 7. The number of aromatic amines is 1. The van der Waals surface area contributed by atoms with Crippen LogP contribution in [0.4, 0.5) is 4.79 Å². The Morgan fingerprint density at radius 1 is 1.02 bits per heavy atom. The van der Waals surface area contributed by atoms with Crippen molar-refractivity contribution in [3.8, 4) is 0 Å². The van der Waals surface area contributed by atoms with Crippen LogP contribution in [0.1, 0.15) is 67.8 Å². The lowest BCUT2D eigenvalue weighted by atomic mass is 9.90. The lowest BCUT2D eigenvalue weighted by Crippen LogP contribution is -2.59. The van der Waals surface area contributed by atoms with E-state index in [0.717, 1.165) is 34.2 Å². The number of nitrogens with one attached hydrogen (secondary N) is 3. The number of carbonyl (C=O) groups is 3. The second kappa shape index (κ2) is 15.0. The maximum absolute atomic E-state index is 14.3. The molecule has 47 heavy (non-hydrogen) atoms. The van der Waals surface area contributed by atoms with Gasteiger partial charge in [-0.05, 0) is 55.0 Å². The maximum Gasteiger partial charge on any atom is 0.408 e. The molecule has 2 amide bonds. The molecule has 2 aromatic carbocycles. The Morgan fingerprint density at radius 2 is 1.77 bits per heavy atom. The number of ether oxygens (including phenoxy) is 2. The first-order chi connectivity index (χ1) is 22.6. The third kappa shape index (κ3) is 8.59. The predicted octanol–water partition coefficient (Wildman–Crippen LogP) is 6.19. The number of aromatic nitrogens is 1. The quantitative estimate of drug-likeness (QED) is 0.128. The van der Waals surface area contributed by atoms with Gasteiger partial charge in [-0.2, -0.15) is 0 Å². The zero-order valence-electron chi connectivity index (χ0n) is 27.0. The van der Waals surface area contributed by atoms with Gasteiger partial charge in [-0.3, -0.25) is 9.59 Å². The van der Waals surface area contributed by atoms with Crippen LogP contribution in [0.2, 0.25) is 0 Å². The monoisotopic (exact) mass is 638 g/mol. The summed E-state index contributed by atoms with van der Waals surface area (Å²) < 4.78 is 16.9. The molecule has 3 atom stereocenters. The summed E-state index contributed by atoms with van der Waals surface area (Å²) in [7, 11) is 0. The van der Waals surface area contributed by atoms with Crippen molar-refractivity contribution in [2.75, 3.05) is 6.61 Å². The van der Waals surface area contributed by atoms with E-state index in [1.807, 2.05) is 105 Å². The van der Waals surface area contributed by atoms with Crippen molar-refractivity contribution in [2.45, 2.75) is 64.3 Å². The van der Waals surface area contributed by atoms with Crippen LogP contribution in [0, 0.1) is 5.92 Å². The average molecular weight is 639 g/mol. The molecule has 0 saturated heterocycles. The molecule has 0 aliphatic heterocycles. The van der Waals surface area contributed by atoms with Gasteiger partial charge in [-0.1, -0.05) is 80.6 Å². The Labute approximate surface area is 274 Å². The number of alkyl carbamates (subject to hydrolysis) is 1. The molecule has 5 N–H and O–H groups in total. The zero-order valence-corrected chi connectivity index (χ0v) is 27.0. The first-order valence-electron chi connectivity index (χ1n) is 15.8. The van der Waals surface area contributed by atoms with E-state index in [0.29, 0.717) is 17.8 Å². The molecule has 10 heteroatoms. The fourth-order valence-electron chi connectivity index (χ4n) is 5.59. The summed E-state index contributed by atoms with van der Waals surface area (Å²) in [5.74, 6) is -0.340. The minimum atomic E-state index is -1.48. The summed E-state index contributed by atoms with van der Waals surface area (Å²) in [6.07, 6.45) is 10.5. The highest BCUT2D eigenvalue weighted by molar-refractivity contribution is 5.90. The molecule has 0 spiro atoms. The summed E-state index contributed by atoms with van der Waals surface area (Å²) in [4.78, 5) is 43.5. The number of esters is 1. The van der Waals surface area contributed by atoms with Crippen molar-refractivity contribution in [2.24, 2.45) is 11.7 Å². The molecule has 4 aromatic rings. The van der Waals surface area contributed by atoms with Gasteiger partial charge < -0.3 is 35.2 Å². The van der Waals surface area contributed by atoms with E-state index < -0.39 is 35.6 Å². The summed E-state index contributed by atoms with van der Waals surface area (Å²) in [6.45, 7) is 5.34. The van der Waals surface area contributed by atoms with Crippen molar-refractivity contribution < 1.29 is 28.3 Å². The normalized spacial score (nSPS) is 14.9. The number of furan rings is 1. The first-order valence-corrected chi connectivity index (χ1v) is 15.8. The number of carbonyl (C=O) groups excluding carboxylic acids is 3. The summed E-state index contributed by atoms with van der Waals surface area (Å²) >= 11 is 0. The van der Waals surface area contributed by atoms with E-state index in [1.165, 1.54) is 0 Å². The molecule has 1 aliphatic carbocycles. The number of fused-ring (bicyclic) bond motifs is 2. The van der Waals surface area contributed by atoms with Crippen molar-refractivity contribution in [1.82, 2.24) is 15.6 Å². The van der Waals surface area contributed by atoms with Crippen LogP contribution in [-0.4, -0.2) is 41.1 Å². The van der Waals surface area contributed by atoms with Crippen LogP contribution < -0.4 is 16.4 Å². The zero-order chi connectivity index (χ0) is 33.4. The smallest absolute Gasteiger partial charge is 0.408 e. The number of nitrogens with two attached hydrogens (primary N) is 1. The van der Waals surface area contributed by atoms with Crippen LogP contribution >= 0.6 is 0 Å². The van der Waals surface area contributed by atoms with Gasteiger partial charge in [-0.25, -0.2) is 4.79 Å². The Kier molecular flexibility index (Phi) is 10.6. The van der Waals surface area contributed by atoms with E-state index >= 15 is 0 Å². The van der Waals surface area contributed by atoms with Crippen molar-refractivity contribution in [1.29, 1.82) is 0 Å². The largest absolute Gasteiger partial charge is 0.462 e. The second-order valence-corrected chi connectivity index (χ2v) is 12.4. The van der Waals surface area contributed by atoms with Gasteiger partial charge in [0, 0.05) is 29.3 Å². The molecule has 0 fully saturated rings. The molecule has 5 rings (SSSR count). The van der Waals surface area contributed by atoms with Gasteiger partial charge in [0.1, 0.15) is 29.5 Å². The number of H-pyrrole nitrogens is 1. The molecule has 0 unspecified atom stereocenters. The molecule has 2 heterocycles. The van der Waals surface area contributed by atoms with Crippen molar-refractivity contribution >= 4 is 41.1 Å². The van der Waals surface area contributed by atoms with Gasteiger partial charge in [-0.15, -0.1) is 0 Å². The molecule has 0 bridgehead atoms. The standard InChI is InChI=1S/C37H42N4O6/c1-24(2)18-30(38)34(42)45-23-32(25-12-6-4-7-13-25)40-35(43)37(3,20-27-21-39-31-16-9-5-8-15-29(27)31)41-36(44)46-22-28-19-26-14-10-11-17-33(26)47-28/h4,6-17,19,21,24,30,32,39H,5,18,20,22-23,38H2,1-3H3,(H,40,43)(H,41,44)/t30-,32-,37+/m0/s1. The Balaban J connectivity index is 1.36. The average Bonchev–Trinajstić information content (AvgIpc) is 3.56. The number of allylic oxidation sites excluding steroid dienone is 2. The van der Waals surface area contributed by atoms with Gasteiger partial charge in [0.2, 0.25) is 5.91 Å². The van der Waals surface area contributed by atoms with E-state index in [2.05, 4.69) is 15.6 Å². The van der Waals surface area contributed by atoms with Gasteiger partial charge in [0.25, 0.3) is 0 Å². The topological polar surface area (TPSA) is 149 Å². The summed E-state index contributed by atoms with van der Waals surface area (Å²) in [5, 5.41) is 6.74. The van der Waals surface area contributed by atoms with Gasteiger partial charge in [0.15, 0.2) is 6.61 Å². The van der Waals surface area contributed by atoms with Crippen molar-refractivity contribution in [3.05, 3.63) is 107 Å². The van der Waals surface area contributed by atoms with E-state index in [1.54, 1.807) is 6.92 Å². The SMILES string of the molecule is CC(C)C[C@H](N)C(=O)OC[C@H](NC(=O)[C@@](C)(Cc1c[nH]c2c1C=CCC=C2)NC(=O)OCc1cc2ccccc2o1)c1ccccc1. The predicted molar refractivity (Wildman–Crippen MR) is 181 cm³/mol. The lowest BCUT2D eigenvalue weighted by Gasteiger charge is -2.31. The molecular formula is C37H42N4O6. The molecule has 2 aromatic heterocycles. The number of para-hydroxylation sites is 1. The fourth-order valence-corrected chi connectivity index (χ4v) is 5.59. The van der Waals surface area contributed by atoms with Crippen molar-refractivity contribution in [3.63, 3.8) is 0 Å². The molecule has 0 saturated carbocycles. The molecule has 1 aliphatic rings. The summed E-state index contributed by atoms with van der Waals surface area (Å²) in [5.41, 5.74) is 8.67. The van der Waals surface area contributed by atoms with E-state index in [-0.39, 0.29) is 25.6 Å². The number of benzene rings is 2. The maximum atomic E-state index is 14.3. The number of hydrogen-bond donors (Lipinski definition) is 4. The van der Waals surface area contributed by atoms with Gasteiger partial charge in [0.05, 0.1) is 6.04 Å². The van der Waals surface area contributed by atoms with Gasteiger partial charge >= 0.3 is 12.1 Å². The van der Waals surface area contributed by atoms with Crippen LogP contribution in [0.25, 0.3) is 23.1 Å². The highest BCUT2D eigenvalue weighted by Crippen LogP contribution is 2.26. The second-order valence-electron chi connectivity index (χ2n) is 12.4. The Morgan fingerprint density at radius 3 is 2.53 bits per heavy atom. The lowest BCUT2D eigenvalue weighted by molar-refractivity contribution is -0.147. The minimum absolute atomic E-state index is 0.121. The van der Waals surface area contributed by atoms with E-state index in [9.17, 15) is 14.4 Å². The van der Waals surface area contributed by atoms with Crippen LogP contribution in [0.3, 0.4) is 0 Å². The number of amides is 2. The minimum Gasteiger partial charge on any atom is -0.462 e. The summed E-state index contributed by atoms with van der Waals surface area (Å²) in [6, 6.07) is 17.0. The molecule has 0 radical (unpaired) electrons. The Bertz CT molecular complexity index is 1720. The number of rotatable bonds is 13. The molecule has 10 nitrogen and oxygen atoms in total. The first kappa shape index (κ1) is 33.3.